The van der Waals surface area contributed by atoms with E-state index in [-0.39, 0.29) is 31.0 Å². The van der Waals surface area contributed by atoms with E-state index in [0.29, 0.717) is 21.4 Å². The fraction of sp³-hybridized carbons (Fsp3) is 0.391. The van der Waals surface area contributed by atoms with Crippen LogP contribution >= 0.6 is 23.2 Å². The maximum Gasteiger partial charge on any atom is 0.261 e. The van der Waals surface area contributed by atoms with Crippen molar-refractivity contribution in [3.05, 3.63) is 63.6 Å². The maximum absolute atomic E-state index is 13.0. The number of ether oxygens (including phenoxy) is 1. The first-order chi connectivity index (χ1) is 14.2. The molecule has 162 valence electrons. The molecule has 2 atom stereocenters. The Kier molecular flexibility index (Phi) is 9.00. The van der Waals surface area contributed by atoms with Crippen LogP contribution in [0.2, 0.25) is 10.0 Å². The van der Waals surface area contributed by atoms with Gasteiger partial charge >= 0.3 is 0 Å². The van der Waals surface area contributed by atoms with Crippen LogP contribution < -0.4 is 10.1 Å². The molecular formula is C23H28Cl2N2O3. The molecule has 0 aliphatic heterocycles. The molecule has 2 rings (SSSR count). The van der Waals surface area contributed by atoms with Crippen LogP contribution in [0.1, 0.15) is 38.3 Å². The zero-order chi connectivity index (χ0) is 22.3. The van der Waals surface area contributed by atoms with E-state index in [2.05, 4.69) is 5.32 Å². The summed E-state index contributed by atoms with van der Waals surface area (Å²) in [6.45, 7) is 7.54. The number of rotatable bonds is 9. The van der Waals surface area contributed by atoms with Crippen molar-refractivity contribution in [1.82, 2.24) is 10.2 Å². The van der Waals surface area contributed by atoms with Crippen molar-refractivity contribution >= 4 is 35.0 Å². The lowest BCUT2D eigenvalue weighted by molar-refractivity contribution is -0.142. The van der Waals surface area contributed by atoms with Gasteiger partial charge in [-0.3, -0.25) is 9.59 Å². The Morgan fingerprint density at radius 1 is 1.13 bits per heavy atom. The molecule has 0 radical (unpaired) electrons. The van der Waals surface area contributed by atoms with Crippen molar-refractivity contribution in [3.63, 3.8) is 0 Å². The minimum absolute atomic E-state index is 0.0135. The number of carbonyl (C=O) groups excluding carboxylic acids is 2. The van der Waals surface area contributed by atoms with E-state index < -0.39 is 6.04 Å². The second-order valence-corrected chi connectivity index (χ2v) is 8.20. The first-order valence-corrected chi connectivity index (χ1v) is 10.7. The number of halogens is 2. The van der Waals surface area contributed by atoms with Crippen LogP contribution in [0, 0.1) is 6.92 Å². The molecule has 5 nitrogen and oxygen atoms in total. The van der Waals surface area contributed by atoms with Gasteiger partial charge in [-0.1, -0.05) is 48.3 Å². The Morgan fingerprint density at radius 3 is 2.50 bits per heavy atom. The van der Waals surface area contributed by atoms with E-state index in [9.17, 15) is 9.59 Å². The minimum atomic E-state index is -0.695. The lowest BCUT2D eigenvalue weighted by Gasteiger charge is -2.30. The number of benzene rings is 2. The molecule has 2 amide bonds. The zero-order valence-electron chi connectivity index (χ0n) is 17.7. The summed E-state index contributed by atoms with van der Waals surface area (Å²) < 4.78 is 5.67. The number of amides is 2. The van der Waals surface area contributed by atoms with Gasteiger partial charge < -0.3 is 15.0 Å². The molecule has 0 saturated heterocycles. The summed E-state index contributed by atoms with van der Waals surface area (Å²) in [6, 6.07) is 11.9. The lowest BCUT2D eigenvalue weighted by Crippen LogP contribution is -2.50. The predicted molar refractivity (Wildman–Crippen MR) is 121 cm³/mol. The molecule has 0 aliphatic carbocycles. The molecule has 0 heterocycles. The fourth-order valence-electron chi connectivity index (χ4n) is 2.81. The number of nitrogens with one attached hydrogen (secondary N) is 1. The van der Waals surface area contributed by atoms with Crippen LogP contribution in [0.4, 0.5) is 0 Å². The smallest absolute Gasteiger partial charge is 0.261 e. The highest BCUT2D eigenvalue weighted by molar-refractivity contribution is 6.35. The van der Waals surface area contributed by atoms with Gasteiger partial charge in [-0.05, 0) is 62.6 Å². The van der Waals surface area contributed by atoms with Crippen molar-refractivity contribution in [3.8, 4) is 5.75 Å². The molecule has 0 bridgehead atoms. The third-order valence-corrected chi connectivity index (χ3v) is 5.46. The van der Waals surface area contributed by atoms with Crippen LogP contribution in [-0.2, 0) is 16.1 Å². The molecule has 2 aromatic rings. The van der Waals surface area contributed by atoms with Gasteiger partial charge in [-0.2, -0.15) is 0 Å². The van der Waals surface area contributed by atoms with E-state index >= 15 is 0 Å². The van der Waals surface area contributed by atoms with E-state index in [0.717, 1.165) is 12.0 Å². The summed E-state index contributed by atoms with van der Waals surface area (Å²) in [6.07, 6.45) is 0.798. The first kappa shape index (κ1) is 24.0. The van der Waals surface area contributed by atoms with Gasteiger partial charge in [0.25, 0.3) is 5.91 Å². The number of aryl methyl sites for hydroxylation is 1. The summed E-state index contributed by atoms with van der Waals surface area (Å²) in [5.74, 6) is 0.0669. The molecule has 0 saturated carbocycles. The normalized spacial score (nSPS) is 12.7. The summed E-state index contributed by atoms with van der Waals surface area (Å²) in [4.78, 5) is 27.2. The number of hydrogen-bond acceptors (Lipinski definition) is 3. The standard InChI is InChI=1S/C23H28Cl2N2O3/c1-5-16(3)26-23(29)17(4)27(13-18-9-10-19(24)12-21(18)25)22(28)14-30-20-8-6-7-15(2)11-20/h6-12,16-17H,5,13-14H2,1-4H3,(H,26,29). The van der Waals surface area contributed by atoms with Gasteiger partial charge in [0, 0.05) is 22.6 Å². The summed E-state index contributed by atoms with van der Waals surface area (Å²) >= 11 is 12.3. The van der Waals surface area contributed by atoms with Gasteiger partial charge in [0.1, 0.15) is 11.8 Å². The molecular weight excluding hydrogens is 423 g/mol. The monoisotopic (exact) mass is 450 g/mol. The highest BCUT2D eigenvalue weighted by Gasteiger charge is 2.27. The zero-order valence-corrected chi connectivity index (χ0v) is 19.3. The first-order valence-electron chi connectivity index (χ1n) is 9.94. The molecule has 7 heteroatoms. The molecule has 0 spiro atoms. The molecule has 30 heavy (non-hydrogen) atoms. The van der Waals surface area contributed by atoms with Crippen LogP contribution in [-0.4, -0.2) is 35.4 Å². The molecule has 0 aromatic heterocycles. The fourth-order valence-corrected chi connectivity index (χ4v) is 3.28. The lowest BCUT2D eigenvalue weighted by atomic mass is 10.1. The van der Waals surface area contributed by atoms with E-state index in [1.54, 1.807) is 31.2 Å². The molecule has 2 unspecified atom stereocenters. The van der Waals surface area contributed by atoms with Gasteiger partial charge in [0.2, 0.25) is 5.91 Å². The molecule has 0 aliphatic rings. The van der Waals surface area contributed by atoms with Crippen molar-refractivity contribution < 1.29 is 14.3 Å². The Labute approximate surface area is 188 Å². The number of nitrogens with zero attached hydrogens (tertiary/aromatic N) is 1. The third kappa shape index (κ3) is 6.92. The van der Waals surface area contributed by atoms with Crippen LogP contribution in [0.25, 0.3) is 0 Å². The third-order valence-electron chi connectivity index (χ3n) is 4.88. The van der Waals surface area contributed by atoms with Crippen molar-refractivity contribution in [2.24, 2.45) is 0 Å². The highest BCUT2D eigenvalue weighted by atomic mass is 35.5. The largest absolute Gasteiger partial charge is 0.484 e. The predicted octanol–water partition coefficient (Wildman–Crippen LogP) is 5.01. The van der Waals surface area contributed by atoms with Crippen molar-refractivity contribution in [2.75, 3.05) is 6.61 Å². The summed E-state index contributed by atoms with van der Waals surface area (Å²) in [5, 5.41) is 3.87. The van der Waals surface area contributed by atoms with Gasteiger partial charge in [0.05, 0.1) is 0 Å². The molecule has 1 N–H and O–H groups in total. The average molecular weight is 451 g/mol. The Morgan fingerprint density at radius 2 is 1.87 bits per heavy atom. The Hall–Kier alpha value is -2.24. The summed E-state index contributed by atoms with van der Waals surface area (Å²) in [7, 11) is 0. The Balaban J connectivity index is 2.20. The summed E-state index contributed by atoms with van der Waals surface area (Å²) in [5.41, 5.74) is 1.74. The number of carbonyl (C=O) groups is 2. The second-order valence-electron chi connectivity index (χ2n) is 7.36. The van der Waals surface area contributed by atoms with Gasteiger partial charge in [-0.15, -0.1) is 0 Å². The van der Waals surface area contributed by atoms with Gasteiger partial charge in [0.15, 0.2) is 6.61 Å². The van der Waals surface area contributed by atoms with Crippen molar-refractivity contribution in [1.29, 1.82) is 0 Å². The highest BCUT2D eigenvalue weighted by Crippen LogP contribution is 2.23. The number of hydrogen-bond donors (Lipinski definition) is 1. The minimum Gasteiger partial charge on any atom is -0.484 e. The van der Waals surface area contributed by atoms with Crippen LogP contribution in [0.5, 0.6) is 5.75 Å². The molecule has 2 aromatic carbocycles. The van der Waals surface area contributed by atoms with E-state index in [1.165, 1.54) is 4.90 Å². The van der Waals surface area contributed by atoms with Crippen LogP contribution in [0.3, 0.4) is 0 Å². The topological polar surface area (TPSA) is 58.6 Å². The average Bonchev–Trinajstić information content (AvgIpc) is 2.71. The van der Waals surface area contributed by atoms with Crippen molar-refractivity contribution in [2.45, 2.75) is 52.7 Å². The quantitative estimate of drug-likeness (QED) is 0.583. The van der Waals surface area contributed by atoms with Crippen LogP contribution in [0.15, 0.2) is 42.5 Å². The SMILES string of the molecule is CCC(C)NC(=O)C(C)N(Cc1ccc(Cl)cc1Cl)C(=O)COc1cccc(C)c1. The Bertz CT molecular complexity index is 889. The van der Waals surface area contributed by atoms with E-state index in [4.69, 9.17) is 27.9 Å². The molecule has 0 fully saturated rings. The van der Waals surface area contributed by atoms with E-state index in [1.807, 2.05) is 39.0 Å². The second kappa shape index (κ2) is 11.2. The maximum atomic E-state index is 13.0. The van der Waals surface area contributed by atoms with Gasteiger partial charge in [-0.25, -0.2) is 0 Å².